The standard InChI is InChI=1S/C23H30FN2O9PS/c1-14(2)33-18(27)15(3)12-36(31,35-16-8-6-5-7-9-16)32-13-23(24)19(28)22(4,30)20(34-23)26-11-10-17(37)25-21(26)29/h5-11,14-15,19-20,28,30H,12-13H2,1-4H3,(H,25,29,37)/t15-,19-,20-,22?,23-,36?/m1/s1. The van der Waals surface area contributed by atoms with Crippen molar-refractivity contribution < 1.29 is 42.5 Å². The molecular weight excluding hydrogens is 530 g/mol. The normalized spacial score (nSPS) is 28.0. The lowest BCUT2D eigenvalue weighted by Gasteiger charge is -2.29. The van der Waals surface area contributed by atoms with Gasteiger partial charge >= 0.3 is 19.3 Å². The van der Waals surface area contributed by atoms with Crippen molar-refractivity contribution in [3.05, 3.63) is 57.7 Å². The summed E-state index contributed by atoms with van der Waals surface area (Å²) < 4.78 is 51.9. The van der Waals surface area contributed by atoms with E-state index < -0.39 is 67.8 Å². The molecule has 1 aromatic carbocycles. The number of ether oxygens (including phenoxy) is 2. The van der Waals surface area contributed by atoms with Crippen LogP contribution in [0.1, 0.15) is 33.9 Å². The number of para-hydroxylation sites is 1. The number of nitrogens with zero attached hydrogens (tertiary/aromatic N) is 1. The molecule has 204 valence electrons. The van der Waals surface area contributed by atoms with Gasteiger partial charge in [-0.25, -0.2) is 13.8 Å². The van der Waals surface area contributed by atoms with Gasteiger partial charge in [0.1, 0.15) is 28.7 Å². The summed E-state index contributed by atoms with van der Waals surface area (Å²) >= 11 is 4.88. The van der Waals surface area contributed by atoms with Gasteiger partial charge in [-0.2, -0.15) is 0 Å². The van der Waals surface area contributed by atoms with Gasteiger partial charge in [0.05, 0.1) is 18.2 Å². The van der Waals surface area contributed by atoms with Crippen LogP contribution in [0.3, 0.4) is 0 Å². The number of esters is 1. The Bertz CT molecular complexity index is 1270. The maximum absolute atomic E-state index is 15.9. The van der Waals surface area contributed by atoms with Gasteiger partial charge in [-0.05, 0) is 39.0 Å². The molecule has 3 N–H and O–H groups in total. The number of H-pyrrole nitrogens is 1. The lowest BCUT2D eigenvalue weighted by atomic mass is 9.95. The Hall–Kier alpha value is -2.41. The number of benzene rings is 1. The molecule has 2 heterocycles. The second kappa shape index (κ2) is 11.1. The number of aromatic amines is 1. The Morgan fingerprint density at radius 3 is 2.54 bits per heavy atom. The van der Waals surface area contributed by atoms with Gasteiger partial charge in [-0.1, -0.05) is 37.3 Å². The summed E-state index contributed by atoms with van der Waals surface area (Å²) in [5.74, 6) is -4.60. The highest BCUT2D eigenvalue weighted by molar-refractivity contribution is 7.71. The number of alkyl halides is 1. The fraction of sp³-hybridized carbons (Fsp3) is 0.522. The molecule has 0 amide bonds. The molecule has 11 nitrogen and oxygen atoms in total. The third kappa shape index (κ3) is 6.73. The molecule has 37 heavy (non-hydrogen) atoms. The quantitative estimate of drug-likeness (QED) is 0.225. The summed E-state index contributed by atoms with van der Waals surface area (Å²) in [6, 6.07) is 9.22. The molecule has 1 aliphatic rings. The Morgan fingerprint density at radius 2 is 1.95 bits per heavy atom. The van der Waals surface area contributed by atoms with E-state index in [2.05, 4.69) is 4.98 Å². The number of aromatic nitrogens is 2. The number of hydrogen-bond acceptors (Lipinski definition) is 10. The van der Waals surface area contributed by atoms with E-state index in [9.17, 15) is 24.4 Å². The number of rotatable bonds is 10. The molecule has 2 aromatic rings. The molecule has 3 rings (SSSR count). The van der Waals surface area contributed by atoms with E-state index in [1.165, 1.54) is 31.3 Å². The van der Waals surface area contributed by atoms with Gasteiger partial charge < -0.3 is 24.2 Å². The number of aliphatic hydroxyl groups excluding tert-OH is 1. The first kappa shape index (κ1) is 29.2. The van der Waals surface area contributed by atoms with E-state index in [1.807, 2.05) is 0 Å². The first-order valence-electron chi connectivity index (χ1n) is 11.4. The molecule has 0 radical (unpaired) electrons. The van der Waals surface area contributed by atoms with Crippen LogP contribution in [0.4, 0.5) is 4.39 Å². The molecule has 0 bridgehead atoms. The van der Waals surface area contributed by atoms with Crippen LogP contribution in [-0.4, -0.2) is 62.2 Å². The van der Waals surface area contributed by atoms with Crippen molar-refractivity contribution >= 4 is 25.8 Å². The zero-order chi connectivity index (χ0) is 27.6. The fourth-order valence-corrected chi connectivity index (χ4v) is 5.72. The summed E-state index contributed by atoms with van der Waals surface area (Å²) in [6.07, 6.45) is -3.64. The van der Waals surface area contributed by atoms with Crippen molar-refractivity contribution in [2.75, 3.05) is 12.8 Å². The maximum atomic E-state index is 15.9. The summed E-state index contributed by atoms with van der Waals surface area (Å²) in [6.45, 7) is 4.67. The number of halogens is 1. The second-order valence-electron chi connectivity index (χ2n) is 9.26. The summed E-state index contributed by atoms with van der Waals surface area (Å²) in [4.78, 5) is 27.0. The van der Waals surface area contributed by atoms with E-state index in [0.717, 1.165) is 11.5 Å². The van der Waals surface area contributed by atoms with Crippen molar-refractivity contribution in [1.82, 2.24) is 9.55 Å². The van der Waals surface area contributed by atoms with Crippen LogP contribution in [0.5, 0.6) is 5.75 Å². The first-order valence-corrected chi connectivity index (χ1v) is 13.6. The SMILES string of the molecule is CC(C)OC(=O)[C@H](C)CP(=O)(OC[C@@]1(F)O[C@@H](n2ccc(=S)[nH]c2=O)C(C)(O)[C@H]1O)Oc1ccccc1. The van der Waals surface area contributed by atoms with Crippen LogP contribution in [0.2, 0.25) is 0 Å². The topological polar surface area (TPSA) is 149 Å². The average Bonchev–Trinajstić information content (AvgIpc) is 2.98. The summed E-state index contributed by atoms with van der Waals surface area (Å²) in [5.41, 5.74) is -3.12. The van der Waals surface area contributed by atoms with Gasteiger partial charge in [0.25, 0.3) is 5.85 Å². The largest absolute Gasteiger partial charge is 0.463 e. The third-order valence-corrected chi connectivity index (χ3v) is 7.82. The van der Waals surface area contributed by atoms with Crippen LogP contribution < -0.4 is 10.2 Å². The number of hydrogen-bond donors (Lipinski definition) is 3. The number of carbonyl (C=O) groups excluding carboxylic acids is 1. The molecule has 0 spiro atoms. The Balaban J connectivity index is 1.86. The lowest BCUT2D eigenvalue weighted by molar-refractivity contribution is -0.203. The van der Waals surface area contributed by atoms with Gasteiger partial charge in [-0.15, -0.1) is 0 Å². The Morgan fingerprint density at radius 1 is 1.30 bits per heavy atom. The molecular formula is C23H30FN2O9PS. The Labute approximate surface area is 217 Å². The molecule has 1 fully saturated rings. The highest BCUT2D eigenvalue weighted by atomic mass is 32.1. The molecule has 2 unspecified atom stereocenters. The molecule has 1 aliphatic heterocycles. The highest BCUT2D eigenvalue weighted by Crippen LogP contribution is 2.53. The highest BCUT2D eigenvalue weighted by Gasteiger charge is 2.63. The van der Waals surface area contributed by atoms with Crippen molar-refractivity contribution in [2.45, 2.75) is 57.6 Å². The number of nitrogens with one attached hydrogen (secondary N) is 1. The smallest absolute Gasteiger partial charge is 0.380 e. The predicted molar refractivity (Wildman–Crippen MR) is 132 cm³/mol. The minimum Gasteiger partial charge on any atom is -0.463 e. The zero-order valence-electron chi connectivity index (χ0n) is 20.7. The minimum atomic E-state index is -4.27. The third-order valence-electron chi connectivity index (χ3n) is 5.57. The molecule has 6 atom stereocenters. The van der Waals surface area contributed by atoms with E-state index in [0.29, 0.717) is 0 Å². The Kier molecular flexibility index (Phi) is 8.78. The molecule has 1 saturated heterocycles. The van der Waals surface area contributed by atoms with Crippen LogP contribution >= 0.6 is 19.8 Å². The van der Waals surface area contributed by atoms with Crippen LogP contribution in [-0.2, 0) is 23.4 Å². The van der Waals surface area contributed by atoms with Crippen molar-refractivity contribution in [1.29, 1.82) is 0 Å². The zero-order valence-corrected chi connectivity index (χ0v) is 22.4. The van der Waals surface area contributed by atoms with Gasteiger partial charge in [0.15, 0.2) is 6.23 Å². The molecule has 1 aromatic heterocycles. The van der Waals surface area contributed by atoms with Crippen LogP contribution in [0.15, 0.2) is 47.4 Å². The van der Waals surface area contributed by atoms with E-state index in [-0.39, 0.29) is 10.4 Å². The van der Waals surface area contributed by atoms with Gasteiger partial charge in [0.2, 0.25) is 0 Å². The second-order valence-corrected chi connectivity index (χ2v) is 11.7. The minimum absolute atomic E-state index is 0.0957. The van der Waals surface area contributed by atoms with E-state index in [1.54, 1.807) is 32.0 Å². The van der Waals surface area contributed by atoms with Crippen LogP contribution in [0.25, 0.3) is 0 Å². The van der Waals surface area contributed by atoms with Crippen LogP contribution in [0, 0.1) is 10.6 Å². The molecule has 0 saturated carbocycles. The van der Waals surface area contributed by atoms with Crippen molar-refractivity contribution in [2.24, 2.45) is 5.92 Å². The molecule has 0 aliphatic carbocycles. The maximum Gasteiger partial charge on any atom is 0.380 e. The monoisotopic (exact) mass is 560 g/mol. The van der Waals surface area contributed by atoms with Gasteiger partial charge in [0, 0.05) is 6.20 Å². The predicted octanol–water partition coefficient (Wildman–Crippen LogP) is 3.09. The molecule has 14 heteroatoms. The first-order chi connectivity index (χ1) is 17.2. The van der Waals surface area contributed by atoms with Gasteiger partial charge in [-0.3, -0.25) is 18.9 Å². The van der Waals surface area contributed by atoms with E-state index in [4.69, 9.17) is 30.7 Å². The average molecular weight is 561 g/mol. The van der Waals surface area contributed by atoms with Crippen molar-refractivity contribution in [3.63, 3.8) is 0 Å². The lowest BCUT2D eigenvalue weighted by Crippen LogP contribution is -2.49. The van der Waals surface area contributed by atoms with E-state index >= 15 is 4.39 Å². The summed E-state index contributed by atoms with van der Waals surface area (Å²) in [7, 11) is -4.27. The fourth-order valence-electron chi connectivity index (χ4n) is 3.71. The summed E-state index contributed by atoms with van der Waals surface area (Å²) in [5, 5.41) is 21.5. The number of carbonyl (C=O) groups is 1. The van der Waals surface area contributed by atoms with Crippen molar-refractivity contribution in [3.8, 4) is 5.75 Å². The number of aliphatic hydroxyl groups is 2.